The summed E-state index contributed by atoms with van der Waals surface area (Å²) in [6, 6.07) is 12.4. The Bertz CT molecular complexity index is 990. The van der Waals surface area contributed by atoms with Gasteiger partial charge < -0.3 is 20.1 Å². The van der Waals surface area contributed by atoms with Gasteiger partial charge in [-0.3, -0.25) is 9.59 Å². The van der Waals surface area contributed by atoms with Gasteiger partial charge in [-0.1, -0.05) is 52.0 Å². The molecule has 0 unspecified atom stereocenters. The van der Waals surface area contributed by atoms with Gasteiger partial charge in [-0.15, -0.1) is 0 Å². The minimum atomic E-state index is -0.510. The summed E-state index contributed by atoms with van der Waals surface area (Å²) in [4.78, 5) is 25.5. The van der Waals surface area contributed by atoms with Crippen molar-refractivity contribution in [1.29, 1.82) is 0 Å². The number of benzene rings is 2. The topological polar surface area (TPSA) is 76.7 Å². The average molecular weight is 525 g/mol. The Morgan fingerprint density at radius 1 is 0.658 bits per heavy atom. The van der Waals surface area contributed by atoms with Crippen LogP contribution in [-0.4, -0.2) is 38.1 Å². The number of hydrogen-bond acceptors (Lipinski definition) is 4. The highest BCUT2D eigenvalue weighted by atomic mass is 16.5. The van der Waals surface area contributed by atoms with Crippen LogP contribution in [0.15, 0.2) is 36.4 Å². The minimum absolute atomic E-state index is 0.0127. The third kappa shape index (κ3) is 10.0. The van der Waals surface area contributed by atoms with Gasteiger partial charge in [-0.25, -0.2) is 0 Å². The molecule has 0 saturated carbocycles. The second-order valence-electron chi connectivity index (χ2n) is 11.7. The van der Waals surface area contributed by atoms with E-state index < -0.39 is 10.8 Å². The van der Waals surface area contributed by atoms with Crippen LogP contribution in [0.3, 0.4) is 0 Å². The van der Waals surface area contributed by atoms with Crippen LogP contribution in [0.4, 0.5) is 0 Å². The fourth-order valence-corrected chi connectivity index (χ4v) is 4.18. The van der Waals surface area contributed by atoms with E-state index in [1.54, 1.807) is 0 Å². The van der Waals surface area contributed by atoms with Crippen molar-refractivity contribution in [1.82, 2.24) is 10.6 Å². The maximum absolute atomic E-state index is 12.7. The molecular weight excluding hydrogens is 476 g/mol. The number of carbonyl (C=O) groups is 2. The lowest BCUT2D eigenvalue weighted by Gasteiger charge is -2.25. The molecule has 0 aliphatic heterocycles. The van der Waals surface area contributed by atoms with Crippen molar-refractivity contribution in [2.45, 2.75) is 81.1 Å². The quantitative estimate of drug-likeness (QED) is 0.271. The van der Waals surface area contributed by atoms with Crippen molar-refractivity contribution in [2.75, 3.05) is 26.3 Å². The molecule has 0 heterocycles. The van der Waals surface area contributed by atoms with Crippen LogP contribution in [0.25, 0.3) is 0 Å². The largest absolute Gasteiger partial charge is 0.493 e. The molecule has 2 aromatic carbocycles. The molecule has 2 rings (SSSR count). The predicted molar refractivity (Wildman–Crippen MR) is 155 cm³/mol. The minimum Gasteiger partial charge on any atom is -0.493 e. The normalized spacial score (nSPS) is 11.7. The summed E-state index contributed by atoms with van der Waals surface area (Å²) in [5, 5.41) is 5.94. The Morgan fingerprint density at radius 3 is 1.39 bits per heavy atom. The first-order valence-electron chi connectivity index (χ1n) is 13.8. The summed E-state index contributed by atoms with van der Waals surface area (Å²) in [7, 11) is 0. The van der Waals surface area contributed by atoms with Gasteiger partial charge in [0.2, 0.25) is 11.8 Å². The summed E-state index contributed by atoms with van der Waals surface area (Å²) in [5.41, 5.74) is 3.55. The lowest BCUT2D eigenvalue weighted by molar-refractivity contribution is -0.131. The molecule has 0 aromatic heterocycles. The van der Waals surface area contributed by atoms with Crippen LogP contribution in [0, 0.1) is 38.5 Å². The van der Waals surface area contributed by atoms with E-state index in [0.717, 1.165) is 35.5 Å². The van der Waals surface area contributed by atoms with Crippen LogP contribution in [0.1, 0.15) is 75.6 Å². The lowest BCUT2D eigenvalue weighted by atomic mass is 9.86. The molecule has 0 saturated heterocycles. The molecule has 2 amide bonds. The molecule has 2 aromatic rings. The molecule has 0 radical (unpaired) electrons. The van der Waals surface area contributed by atoms with E-state index in [1.807, 2.05) is 67.5 Å². The van der Waals surface area contributed by atoms with Crippen LogP contribution < -0.4 is 20.1 Å². The average Bonchev–Trinajstić information content (AvgIpc) is 2.85. The summed E-state index contributed by atoms with van der Waals surface area (Å²) in [6.45, 7) is 17.9. The smallest absolute Gasteiger partial charge is 0.225 e. The lowest BCUT2D eigenvalue weighted by Crippen LogP contribution is -2.44. The van der Waals surface area contributed by atoms with Crippen LogP contribution in [0.2, 0.25) is 0 Å². The summed E-state index contributed by atoms with van der Waals surface area (Å²) in [5.74, 6) is 1.78. The monoisotopic (exact) mass is 524 g/mol. The zero-order valence-corrected chi connectivity index (χ0v) is 24.8. The third-order valence-electron chi connectivity index (χ3n) is 7.02. The van der Waals surface area contributed by atoms with Crippen molar-refractivity contribution in [3.8, 4) is 11.5 Å². The fourth-order valence-electron chi connectivity index (χ4n) is 4.18. The number of carbonyl (C=O) groups excluding carboxylic acids is 2. The van der Waals surface area contributed by atoms with E-state index in [1.165, 1.54) is 11.1 Å². The van der Waals surface area contributed by atoms with Crippen molar-refractivity contribution >= 4 is 11.8 Å². The zero-order valence-electron chi connectivity index (χ0n) is 24.8. The van der Waals surface area contributed by atoms with Gasteiger partial charge in [0.1, 0.15) is 11.5 Å². The van der Waals surface area contributed by atoms with E-state index in [0.29, 0.717) is 39.1 Å². The Hall–Kier alpha value is -3.02. The second kappa shape index (κ2) is 14.2. The molecule has 0 aliphatic carbocycles. The van der Waals surface area contributed by atoms with Crippen LogP contribution in [0.5, 0.6) is 11.5 Å². The van der Waals surface area contributed by atoms with Gasteiger partial charge in [-0.2, -0.15) is 0 Å². The first kappa shape index (κ1) is 31.2. The van der Waals surface area contributed by atoms with Gasteiger partial charge in [0.25, 0.3) is 0 Å². The molecule has 6 heteroatoms. The Morgan fingerprint density at radius 2 is 1.03 bits per heavy atom. The molecule has 0 aliphatic rings. The molecule has 38 heavy (non-hydrogen) atoms. The van der Waals surface area contributed by atoms with Crippen molar-refractivity contribution in [2.24, 2.45) is 10.8 Å². The Labute approximate surface area is 229 Å². The molecule has 0 atom stereocenters. The SMILES string of the molecule is Cc1ccc(C)c(OCCCC(C)(C)C(=O)NCCNC(=O)C(C)(C)CCCOc2cc(C)ccc2C)c1. The maximum atomic E-state index is 12.7. The van der Waals surface area contributed by atoms with E-state index in [4.69, 9.17) is 9.47 Å². The number of aryl methyl sites for hydroxylation is 4. The molecule has 2 N–H and O–H groups in total. The standard InChI is InChI=1S/C32H48N2O4/c1-23-11-13-25(3)27(21-23)37-19-9-15-31(5,6)29(35)33-17-18-34-30(36)32(7,8)16-10-20-38-28-22-24(2)12-14-26(28)4/h11-14,21-22H,9-10,15-20H2,1-8H3,(H,33,35)(H,34,36). The predicted octanol–water partition coefficient (Wildman–Crippen LogP) is 6.22. The van der Waals surface area contributed by atoms with Gasteiger partial charge >= 0.3 is 0 Å². The van der Waals surface area contributed by atoms with Gasteiger partial charge in [0.05, 0.1) is 13.2 Å². The highest BCUT2D eigenvalue weighted by Crippen LogP contribution is 2.25. The summed E-state index contributed by atoms with van der Waals surface area (Å²) < 4.78 is 11.9. The second-order valence-corrected chi connectivity index (χ2v) is 11.7. The highest BCUT2D eigenvalue weighted by molar-refractivity contribution is 5.82. The van der Waals surface area contributed by atoms with Crippen molar-refractivity contribution in [3.05, 3.63) is 58.7 Å². The number of hydrogen-bond donors (Lipinski definition) is 2. The third-order valence-corrected chi connectivity index (χ3v) is 7.02. The van der Waals surface area contributed by atoms with Crippen molar-refractivity contribution in [3.63, 3.8) is 0 Å². The Balaban J connectivity index is 1.64. The first-order valence-corrected chi connectivity index (χ1v) is 13.8. The highest BCUT2D eigenvalue weighted by Gasteiger charge is 2.28. The van der Waals surface area contributed by atoms with E-state index in [2.05, 4.69) is 34.9 Å². The molecule has 210 valence electrons. The maximum Gasteiger partial charge on any atom is 0.225 e. The summed E-state index contributed by atoms with van der Waals surface area (Å²) >= 11 is 0. The van der Waals surface area contributed by atoms with E-state index in [-0.39, 0.29) is 11.8 Å². The summed E-state index contributed by atoms with van der Waals surface area (Å²) in [6.07, 6.45) is 3.00. The van der Waals surface area contributed by atoms with E-state index >= 15 is 0 Å². The molecule has 6 nitrogen and oxygen atoms in total. The fraction of sp³-hybridized carbons (Fsp3) is 0.562. The van der Waals surface area contributed by atoms with Gasteiger partial charge in [0, 0.05) is 23.9 Å². The molecule has 0 bridgehead atoms. The number of ether oxygens (including phenoxy) is 2. The number of nitrogens with one attached hydrogen (secondary N) is 2. The van der Waals surface area contributed by atoms with Crippen LogP contribution in [-0.2, 0) is 9.59 Å². The zero-order chi connectivity index (χ0) is 28.3. The first-order chi connectivity index (χ1) is 17.8. The number of rotatable bonds is 15. The number of amides is 2. The molecule has 0 spiro atoms. The van der Waals surface area contributed by atoms with Gasteiger partial charge in [0.15, 0.2) is 0 Å². The van der Waals surface area contributed by atoms with Crippen molar-refractivity contribution < 1.29 is 19.1 Å². The Kier molecular flexibility index (Phi) is 11.7. The molecule has 0 fully saturated rings. The van der Waals surface area contributed by atoms with E-state index in [9.17, 15) is 9.59 Å². The van der Waals surface area contributed by atoms with Gasteiger partial charge in [-0.05, 0) is 87.8 Å². The van der Waals surface area contributed by atoms with Crippen LogP contribution >= 0.6 is 0 Å². The molecular formula is C32H48N2O4.